The minimum absolute atomic E-state index is 0.00209. The third kappa shape index (κ3) is 3.36. The highest BCUT2D eigenvalue weighted by Gasteiger charge is 2.20. The molecule has 3 rings (SSSR count). The summed E-state index contributed by atoms with van der Waals surface area (Å²) in [7, 11) is -2.44. The summed E-state index contributed by atoms with van der Waals surface area (Å²) in [5, 5.41) is 0. The molecule has 0 aliphatic rings. The van der Waals surface area contributed by atoms with E-state index in [4.69, 9.17) is 4.74 Å². The van der Waals surface area contributed by atoms with Crippen LogP contribution in [-0.2, 0) is 10.0 Å². The number of sulfonamides is 1. The molecule has 0 saturated heterocycles. The summed E-state index contributed by atoms with van der Waals surface area (Å²) in [6.45, 7) is 0. The number of nitrogens with one attached hydrogen (secondary N) is 1. The van der Waals surface area contributed by atoms with Gasteiger partial charge in [0.05, 0.1) is 12.8 Å². The lowest BCUT2D eigenvalue weighted by molar-refractivity contribution is 0.403. The Bertz CT molecular complexity index is 944. The molecular formula is C17H15N3O3S. The molecule has 0 bridgehead atoms. The topological polar surface area (TPSA) is 81.2 Å². The van der Waals surface area contributed by atoms with Crippen LogP contribution in [-0.4, -0.2) is 25.5 Å². The largest absolute Gasteiger partial charge is 0.495 e. The van der Waals surface area contributed by atoms with Crippen LogP contribution < -0.4 is 9.46 Å². The van der Waals surface area contributed by atoms with Crippen LogP contribution in [0.15, 0.2) is 71.8 Å². The van der Waals surface area contributed by atoms with Gasteiger partial charge in [-0.15, -0.1) is 0 Å². The van der Waals surface area contributed by atoms with Crippen molar-refractivity contribution in [3.63, 3.8) is 0 Å². The third-order valence-electron chi connectivity index (χ3n) is 3.31. The van der Waals surface area contributed by atoms with Crippen LogP contribution >= 0.6 is 0 Å². The van der Waals surface area contributed by atoms with E-state index in [1.54, 1.807) is 24.3 Å². The maximum atomic E-state index is 12.6. The van der Waals surface area contributed by atoms with E-state index in [2.05, 4.69) is 14.7 Å². The molecule has 122 valence electrons. The minimum Gasteiger partial charge on any atom is -0.495 e. The van der Waals surface area contributed by atoms with Gasteiger partial charge in [0, 0.05) is 11.8 Å². The number of aromatic nitrogens is 2. The Hall–Kier alpha value is -2.93. The molecule has 1 aromatic heterocycles. The van der Waals surface area contributed by atoms with Crippen LogP contribution in [0.5, 0.6) is 5.75 Å². The van der Waals surface area contributed by atoms with E-state index < -0.39 is 10.0 Å². The molecular weight excluding hydrogens is 326 g/mol. The average Bonchev–Trinajstić information content (AvgIpc) is 2.62. The van der Waals surface area contributed by atoms with Crippen molar-refractivity contribution in [2.24, 2.45) is 0 Å². The van der Waals surface area contributed by atoms with E-state index in [1.165, 1.54) is 19.4 Å². The van der Waals surface area contributed by atoms with Crippen LogP contribution in [0.25, 0.3) is 11.3 Å². The molecule has 3 aromatic rings. The highest BCUT2D eigenvalue weighted by Crippen LogP contribution is 2.25. The summed E-state index contributed by atoms with van der Waals surface area (Å²) in [4.78, 5) is 8.28. The number of anilines is 1. The fourth-order valence-corrected chi connectivity index (χ4v) is 3.32. The number of rotatable bonds is 5. The van der Waals surface area contributed by atoms with E-state index in [0.717, 1.165) is 5.56 Å². The molecule has 24 heavy (non-hydrogen) atoms. The predicted molar refractivity (Wildman–Crippen MR) is 91.3 cm³/mol. The predicted octanol–water partition coefficient (Wildman–Crippen LogP) is 2.95. The van der Waals surface area contributed by atoms with Crippen molar-refractivity contribution < 1.29 is 13.2 Å². The zero-order valence-electron chi connectivity index (χ0n) is 12.9. The minimum atomic E-state index is -3.86. The Morgan fingerprint density at radius 3 is 2.42 bits per heavy atom. The molecule has 7 heteroatoms. The first-order chi connectivity index (χ1) is 11.6. The Morgan fingerprint density at radius 2 is 1.67 bits per heavy atom. The summed E-state index contributed by atoms with van der Waals surface area (Å²) < 4.78 is 32.6. The first-order valence-electron chi connectivity index (χ1n) is 7.14. The van der Waals surface area contributed by atoms with E-state index in [-0.39, 0.29) is 16.6 Å². The SMILES string of the molecule is COc1ccccc1S(=O)(=O)Nc1nccc(-c2ccccc2)n1. The summed E-state index contributed by atoms with van der Waals surface area (Å²) in [5.74, 6) is 0.256. The number of nitrogens with zero attached hydrogens (tertiary/aromatic N) is 2. The van der Waals surface area contributed by atoms with Crippen molar-refractivity contribution in [3.8, 4) is 17.0 Å². The first kappa shape index (κ1) is 15.9. The van der Waals surface area contributed by atoms with Crippen molar-refractivity contribution in [2.45, 2.75) is 4.90 Å². The van der Waals surface area contributed by atoms with Gasteiger partial charge >= 0.3 is 0 Å². The average molecular weight is 341 g/mol. The van der Waals surface area contributed by atoms with Crippen molar-refractivity contribution in [2.75, 3.05) is 11.8 Å². The van der Waals surface area contributed by atoms with Gasteiger partial charge in [-0.05, 0) is 18.2 Å². The van der Waals surface area contributed by atoms with Gasteiger partial charge in [0.2, 0.25) is 5.95 Å². The fourth-order valence-electron chi connectivity index (χ4n) is 2.19. The number of benzene rings is 2. The molecule has 1 heterocycles. The van der Waals surface area contributed by atoms with Gasteiger partial charge in [0.1, 0.15) is 10.6 Å². The van der Waals surface area contributed by atoms with Crippen LogP contribution in [0, 0.1) is 0 Å². The third-order valence-corrected chi connectivity index (χ3v) is 4.68. The zero-order valence-corrected chi connectivity index (χ0v) is 13.7. The molecule has 6 nitrogen and oxygen atoms in total. The maximum absolute atomic E-state index is 12.6. The van der Waals surface area contributed by atoms with E-state index >= 15 is 0 Å². The highest BCUT2D eigenvalue weighted by atomic mass is 32.2. The standard InChI is InChI=1S/C17H15N3O3S/c1-23-15-9-5-6-10-16(15)24(21,22)20-17-18-12-11-14(19-17)13-7-3-2-4-8-13/h2-12H,1H3,(H,18,19,20). The molecule has 1 N–H and O–H groups in total. The second kappa shape index (κ2) is 6.67. The summed E-state index contributed by atoms with van der Waals surface area (Å²) in [6, 6.07) is 17.5. The van der Waals surface area contributed by atoms with Crippen LogP contribution in [0.2, 0.25) is 0 Å². The molecule has 0 spiro atoms. The Balaban J connectivity index is 1.94. The Kier molecular flexibility index (Phi) is 4.43. The maximum Gasteiger partial charge on any atom is 0.267 e. The molecule has 0 atom stereocenters. The molecule has 0 aliphatic heterocycles. The Morgan fingerprint density at radius 1 is 0.958 bits per heavy atom. The molecule has 0 radical (unpaired) electrons. The summed E-state index contributed by atoms with van der Waals surface area (Å²) in [6.07, 6.45) is 1.51. The number of para-hydroxylation sites is 1. The van der Waals surface area contributed by atoms with Gasteiger partial charge in [0.15, 0.2) is 0 Å². The number of methoxy groups -OCH3 is 1. The fraction of sp³-hybridized carbons (Fsp3) is 0.0588. The second-order valence-corrected chi connectivity index (χ2v) is 6.54. The van der Waals surface area contributed by atoms with Crippen LogP contribution in [0.4, 0.5) is 5.95 Å². The molecule has 0 unspecified atom stereocenters. The van der Waals surface area contributed by atoms with Crippen LogP contribution in [0.3, 0.4) is 0 Å². The smallest absolute Gasteiger partial charge is 0.267 e. The lowest BCUT2D eigenvalue weighted by atomic mass is 10.1. The molecule has 0 fully saturated rings. The highest BCUT2D eigenvalue weighted by molar-refractivity contribution is 7.92. The van der Waals surface area contributed by atoms with Crippen molar-refractivity contribution in [1.29, 1.82) is 0 Å². The van der Waals surface area contributed by atoms with Gasteiger partial charge in [-0.3, -0.25) is 0 Å². The van der Waals surface area contributed by atoms with Gasteiger partial charge in [-0.25, -0.2) is 23.1 Å². The molecule has 0 saturated carbocycles. The van der Waals surface area contributed by atoms with Gasteiger partial charge in [0.25, 0.3) is 10.0 Å². The summed E-state index contributed by atoms with van der Waals surface area (Å²) >= 11 is 0. The van der Waals surface area contributed by atoms with E-state index in [9.17, 15) is 8.42 Å². The van der Waals surface area contributed by atoms with Gasteiger partial charge in [-0.2, -0.15) is 0 Å². The van der Waals surface area contributed by atoms with Crippen molar-refractivity contribution in [3.05, 3.63) is 66.9 Å². The second-order valence-electron chi connectivity index (χ2n) is 4.89. The first-order valence-corrected chi connectivity index (χ1v) is 8.63. The zero-order chi connectivity index (χ0) is 17.0. The number of hydrogen-bond acceptors (Lipinski definition) is 5. The normalized spacial score (nSPS) is 11.0. The summed E-state index contributed by atoms with van der Waals surface area (Å²) in [5.41, 5.74) is 1.50. The lowest BCUT2D eigenvalue weighted by Crippen LogP contribution is -2.16. The quantitative estimate of drug-likeness (QED) is 0.771. The van der Waals surface area contributed by atoms with Gasteiger partial charge < -0.3 is 4.74 Å². The monoisotopic (exact) mass is 341 g/mol. The van der Waals surface area contributed by atoms with Crippen molar-refractivity contribution in [1.82, 2.24) is 9.97 Å². The molecule has 0 amide bonds. The number of hydrogen-bond donors (Lipinski definition) is 1. The molecule has 0 aliphatic carbocycles. The van der Waals surface area contributed by atoms with Crippen molar-refractivity contribution >= 4 is 16.0 Å². The number of ether oxygens (including phenoxy) is 1. The lowest BCUT2D eigenvalue weighted by Gasteiger charge is -2.10. The van der Waals surface area contributed by atoms with E-state index in [0.29, 0.717) is 5.69 Å². The van der Waals surface area contributed by atoms with E-state index in [1.807, 2.05) is 30.3 Å². The van der Waals surface area contributed by atoms with Crippen LogP contribution in [0.1, 0.15) is 0 Å². The van der Waals surface area contributed by atoms with Gasteiger partial charge in [-0.1, -0.05) is 42.5 Å². The molecule has 2 aromatic carbocycles. The Labute approximate surface area is 140 Å².